The topological polar surface area (TPSA) is 66.8 Å². The number of benzene rings is 2. The predicted molar refractivity (Wildman–Crippen MR) is 133 cm³/mol. The fourth-order valence-electron chi connectivity index (χ4n) is 4.86. The van der Waals surface area contributed by atoms with Crippen LogP contribution < -0.4 is 5.56 Å². The van der Waals surface area contributed by atoms with Crippen LogP contribution in [0.4, 0.5) is 0 Å². The van der Waals surface area contributed by atoms with Crippen molar-refractivity contribution in [3.8, 4) is 11.4 Å². The van der Waals surface area contributed by atoms with Gasteiger partial charge in [-0.25, -0.2) is 4.98 Å². The van der Waals surface area contributed by atoms with Gasteiger partial charge in [-0.1, -0.05) is 48.5 Å². The zero-order valence-corrected chi connectivity index (χ0v) is 18.8. The predicted octanol–water partition coefficient (Wildman–Crippen LogP) is 4.39. The highest BCUT2D eigenvalue weighted by Crippen LogP contribution is 2.26. The summed E-state index contributed by atoms with van der Waals surface area (Å²) in [4.78, 5) is 27.1. The Morgan fingerprint density at radius 3 is 2.56 bits per heavy atom. The summed E-state index contributed by atoms with van der Waals surface area (Å²) in [6.07, 6.45) is 6.46. The van der Waals surface area contributed by atoms with E-state index < -0.39 is 0 Å². The summed E-state index contributed by atoms with van der Waals surface area (Å²) in [5.74, 6) is 0.614. The van der Waals surface area contributed by atoms with E-state index in [9.17, 15) is 4.79 Å². The van der Waals surface area contributed by atoms with E-state index in [0.29, 0.717) is 12.4 Å². The summed E-state index contributed by atoms with van der Waals surface area (Å²) in [7, 11) is 0. The Hall–Kier alpha value is -4.03. The number of rotatable bonds is 5. The summed E-state index contributed by atoms with van der Waals surface area (Å²) >= 11 is 0. The number of nitrogens with zero attached hydrogens (tertiary/aromatic N) is 4. The molecule has 34 heavy (non-hydrogen) atoms. The van der Waals surface area contributed by atoms with Crippen LogP contribution in [0.25, 0.3) is 22.3 Å². The highest BCUT2D eigenvalue weighted by atomic mass is 16.1. The van der Waals surface area contributed by atoms with E-state index in [1.165, 1.54) is 22.0 Å². The van der Waals surface area contributed by atoms with Gasteiger partial charge in [0.1, 0.15) is 5.82 Å². The lowest BCUT2D eigenvalue weighted by Crippen LogP contribution is -2.35. The van der Waals surface area contributed by atoms with Crippen LogP contribution in [0.1, 0.15) is 22.4 Å². The average Bonchev–Trinajstić information content (AvgIpc) is 3.22. The van der Waals surface area contributed by atoms with Gasteiger partial charge in [-0.2, -0.15) is 0 Å². The first-order valence-corrected chi connectivity index (χ1v) is 11.6. The van der Waals surface area contributed by atoms with Gasteiger partial charge in [0.15, 0.2) is 0 Å². The van der Waals surface area contributed by atoms with E-state index in [1.54, 1.807) is 12.4 Å². The van der Waals surface area contributed by atoms with Gasteiger partial charge in [-0.05, 0) is 29.3 Å². The third-order valence-corrected chi connectivity index (χ3v) is 6.56. The van der Waals surface area contributed by atoms with Gasteiger partial charge in [-0.3, -0.25) is 14.7 Å². The van der Waals surface area contributed by atoms with Crippen molar-refractivity contribution in [2.45, 2.75) is 26.1 Å². The molecule has 1 N–H and O–H groups in total. The largest absolute Gasteiger partial charge is 0.343 e. The third kappa shape index (κ3) is 3.93. The molecule has 0 aliphatic carbocycles. The molecule has 5 aromatic rings. The highest BCUT2D eigenvalue weighted by Gasteiger charge is 2.22. The van der Waals surface area contributed by atoms with Gasteiger partial charge >= 0.3 is 0 Å². The van der Waals surface area contributed by atoms with Gasteiger partial charge in [0.05, 0.1) is 11.3 Å². The van der Waals surface area contributed by atoms with E-state index in [2.05, 4.69) is 74.2 Å². The number of aromatic amines is 1. The van der Waals surface area contributed by atoms with E-state index in [1.807, 2.05) is 18.2 Å². The van der Waals surface area contributed by atoms with E-state index >= 15 is 0 Å². The molecule has 0 fully saturated rings. The first-order chi connectivity index (χ1) is 16.7. The van der Waals surface area contributed by atoms with Gasteiger partial charge in [0, 0.05) is 67.7 Å². The number of nitrogens with one attached hydrogen (secondary N) is 1. The lowest BCUT2D eigenvalue weighted by Gasteiger charge is -2.27. The molecule has 0 radical (unpaired) electrons. The monoisotopic (exact) mass is 447 g/mol. The van der Waals surface area contributed by atoms with Gasteiger partial charge in [0.2, 0.25) is 0 Å². The molecule has 6 rings (SSSR count). The second-order valence-electron chi connectivity index (χ2n) is 8.82. The molecular weight excluding hydrogens is 422 g/mol. The van der Waals surface area contributed by atoms with E-state index in [0.717, 1.165) is 42.9 Å². The molecule has 0 unspecified atom stereocenters. The minimum atomic E-state index is -0.0481. The molecule has 0 atom stereocenters. The molecule has 2 aromatic carbocycles. The summed E-state index contributed by atoms with van der Waals surface area (Å²) in [6.45, 7) is 3.11. The number of pyridine rings is 1. The summed E-state index contributed by atoms with van der Waals surface area (Å²) in [6, 6.07) is 22.8. The van der Waals surface area contributed by atoms with Crippen molar-refractivity contribution in [2.75, 3.05) is 6.54 Å². The van der Waals surface area contributed by atoms with Crippen LogP contribution in [-0.4, -0.2) is 31.0 Å². The fraction of sp³-hybridized carbons (Fsp3) is 0.179. The number of hydrogen-bond acceptors (Lipinski definition) is 4. The fourth-order valence-corrected chi connectivity index (χ4v) is 4.86. The molecule has 1 aliphatic rings. The van der Waals surface area contributed by atoms with Crippen LogP contribution in [0.3, 0.4) is 0 Å². The Morgan fingerprint density at radius 1 is 0.912 bits per heavy atom. The molecule has 6 nitrogen and oxygen atoms in total. The molecule has 6 heteroatoms. The SMILES string of the molecule is O=c1[nH]c(-c2ccncc2)nc2c1CN(Cc1cn(Cc3ccccc3)c3ccccc13)CC2. The first-order valence-electron chi connectivity index (χ1n) is 11.6. The molecular formula is C28H25N5O. The Labute approximate surface area is 197 Å². The van der Waals surface area contributed by atoms with Crippen LogP contribution in [0.5, 0.6) is 0 Å². The van der Waals surface area contributed by atoms with Gasteiger partial charge in [0.25, 0.3) is 5.56 Å². The van der Waals surface area contributed by atoms with Crippen molar-refractivity contribution in [3.63, 3.8) is 0 Å². The zero-order chi connectivity index (χ0) is 22.9. The Balaban J connectivity index is 1.27. The molecule has 0 spiro atoms. The normalized spacial score (nSPS) is 13.8. The quantitative estimate of drug-likeness (QED) is 0.434. The molecule has 0 saturated heterocycles. The maximum absolute atomic E-state index is 12.9. The molecule has 0 amide bonds. The van der Waals surface area contributed by atoms with E-state index in [4.69, 9.17) is 4.98 Å². The molecule has 1 aliphatic heterocycles. The zero-order valence-electron chi connectivity index (χ0n) is 18.8. The average molecular weight is 448 g/mol. The smallest absolute Gasteiger partial charge is 0.255 e. The number of para-hydroxylation sites is 1. The molecule has 0 saturated carbocycles. The number of H-pyrrole nitrogens is 1. The third-order valence-electron chi connectivity index (χ3n) is 6.56. The minimum absolute atomic E-state index is 0.0481. The standard InChI is InChI=1S/C28H25N5O/c34-28-24-19-32(15-12-25(24)30-27(31-28)21-10-13-29-14-11-21)17-22-18-33(16-20-6-2-1-3-7-20)26-9-5-4-8-23(22)26/h1-11,13-14,18H,12,15-17,19H2,(H,30,31,34). The maximum Gasteiger partial charge on any atom is 0.255 e. The van der Waals surface area contributed by atoms with Crippen molar-refractivity contribution in [1.82, 2.24) is 24.4 Å². The molecule has 4 heterocycles. The maximum atomic E-state index is 12.9. The Bertz CT molecular complexity index is 1500. The van der Waals surface area contributed by atoms with Crippen LogP contribution in [-0.2, 0) is 26.1 Å². The lowest BCUT2D eigenvalue weighted by atomic mass is 10.1. The van der Waals surface area contributed by atoms with Crippen molar-refractivity contribution < 1.29 is 0 Å². The summed E-state index contributed by atoms with van der Waals surface area (Å²) in [5.41, 5.74) is 6.31. The second-order valence-corrected chi connectivity index (χ2v) is 8.82. The minimum Gasteiger partial charge on any atom is -0.343 e. The van der Waals surface area contributed by atoms with Crippen molar-refractivity contribution in [3.05, 3.63) is 118 Å². The van der Waals surface area contributed by atoms with Crippen molar-refractivity contribution in [1.29, 1.82) is 0 Å². The molecule has 0 bridgehead atoms. The van der Waals surface area contributed by atoms with E-state index in [-0.39, 0.29) is 5.56 Å². The van der Waals surface area contributed by atoms with Gasteiger partial charge in [-0.15, -0.1) is 0 Å². The number of aromatic nitrogens is 4. The van der Waals surface area contributed by atoms with Crippen LogP contribution >= 0.6 is 0 Å². The number of fused-ring (bicyclic) bond motifs is 2. The first kappa shape index (κ1) is 20.6. The second kappa shape index (κ2) is 8.72. The number of hydrogen-bond donors (Lipinski definition) is 1. The Kier molecular flexibility index (Phi) is 5.28. The highest BCUT2D eigenvalue weighted by molar-refractivity contribution is 5.84. The van der Waals surface area contributed by atoms with Crippen molar-refractivity contribution in [2.24, 2.45) is 0 Å². The van der Waals surface area contributed by atoms with Crippen molar-refractivity contribution >= 4 is 10.9 Å². The molecule has 168 valence electrons. The lowest BCUT2D eigenvalue weighted by molar-refractivity contribution is 0.242. The van der Waals surface area contributed by atoms with Gasteiger partial charge < -0.3 is 9.55 Å². The van der Waals surface area contributed by atoms with Crippen LogP contribution in [0, 0.1) is 0 Å². The summed E-state index contributed by atoms with van der Waals surface area (Å²) in [5, 5.41) is 1.27. The Morgan fingerprint density at radius 2 is 1.71 bits per heavy atom. The van der Waals surface area contributed by atoms with Crippen LogP contribution in [0.2, 0.25) is 0 Å². The molecule has 3 aromatic heterocycles. The summed E-state index contributed by atoms with van der Waals surface area (Å²) < 4.78 is 2.33. The van der Waals surface area contributed by atoms with Crippen LogP contribution in [0.15, 0.2) is 90.1 Å².